The quantitative estimate of drug-likeness (QED) is 0.221. The van der Waals surface area contributed by atoms with Gasteiger partial charge in [0, 0.05) is 35.6 Å². The number of carbonyl (C=O) groups excluding carboxylic acids is 2. The molecule has 2 N–H and O–H groups in total. The molecule has 0 saturated heterocycles. The zero-order chi connectivity index (χ0) is 28.5. The molecule has 0 fully saturated rings. The largest absolute Gasteiger partial charge is 0.496 e. The lowest BCUT2D eigenvalue weighted by atomic mass is 9.99. The molecule has 0 aliphatic carbocycles. The van der Waals surface area contributed by atoms with Crippen molar-refractivity contribution in [2.45, 2.75) is 20.3 Å². The standard InChI is InChI=1S/C30H37N3O6/c1-19-9-11-23(39-14-8-13-33(3)4)18-26(19)32-30(35)31-22-16-25(29(38-7)28(17-22)37-6)21-10-12-24(20(2)34)27(15-21)36-5/h9-12,15-18H,8,13-14H2,1-7H3,(H2,31,32,35). The summed E-state index contributed by atoms with van der Waals surface area (Å²) in [7, 11) is 8.63. The molecule has 0 saturated carbocycles. The Balaban J connectivity index is 1.85. The average molecular weight is 536 g/mol. The van der Waals surface area contributed by atoms with Gasteiger partial charge in [-0.05, 0) is 69.8 Å². The van der Waals surface area contributed by atoms with Crippen molar-refractivity contribution in [3.05, 3.63) is 59.7 Å². The maximum atomic E-state index is 13.0. The lowest BCUT2D eigenvalue weighted by molar-refractivity contribution is 0.101. The first-order chi connectivity index (χ1) is 18.7. The van der Waals surface area contributed by atoms with E-state index in [2.05, 4.69) is 15.5 Å². The molecule has 208 valence electrons. The fourth-order valence-electron chi connectivity index (χ4n) is 4.08. The predicted octanol–water partition coefficient (Wildman–Crippen LogP) is 5.86. The second kappa shape index (κ2) is 13.5. The van der Waals surface area contributed by atoms with E-state index in [1.165, 1.54) is 21.1 Å². The zero-order valence-corrected chi connectivity index (χ0v) is 23.6. The first-order valence-electron chi connectivity index (χ1n) is 12.6. The van der Waals surface area contributed by atoms with Crippen LogP contribution in [0.1, 0.15) is 29.3 Å². The SMILES string of the molecule is COc1cc(-c2cc(NC(=O)Nc3cc(OCCCN(C)C)ccc3C)cc(OC)c2OC)ccc1C(C)=O. The molecular formula is C30H37N3O6. The van der Waals surface area contributed by atoms with Gasteiger partial charge in [-0.2, -0.15) is 0 Å². The molecule has 39 heavy (non-hydrogen) atoms. The van der Waals surface area contributed by atoms with Crippen LogP contribution in [0, 0.1) is 6.92 Å². The number of nitrogens with zero attached hydrogens (tertiary/aromatic N) is 1. The van der Waals surface area contributed by atoms with Gasteiger partial charge >= 0.3 is 6.03 Å². The molecule has 0 heterocycles. The van der Waals surface area contributed by atoms with Crippen molar-refractivity contribution < 1.29 is 28.5 Å². The molecule has 9 nitrogen and oxygen atoms in total. The topological polar surface area (TPSA) is 98.4 Å². The lowest BCUT2D eigenvalue weighted by Gasteiger charge is -2.17. The van der Waals surface area contributed by atoms with Crippen LogP contribution >= 0.6 is 0 Å². The molecule has 3 aromatic carbocycles. The van der Waals surface area contributed by atoms with Crippen molar-refractivity contribution in [2.24, 2.45) is 0 Å². The van der Waals surface area contributed by atoms with Gasteiger partial charge in [-0.3, -0.25) is 4.79 Å². The number of carbonyl (C=O) groups is 2. The number of benzene rings is 3. The highest BCUT2D eigenvalue weighted by Crippen LogP contribution is 2.42. The first kappa shape index (κ1) is 29.3. The number of aryl methyl sites for hydroxylation is 1. The highest BCUT2D eigenvalue weighted by Gasteiger charge is 2.18. The monoisotopic (exact) mass is 535 g/mol. The maximum absolute atomic E-state index is 13.0. The van der Waals surface area contributed by atoms with Crippen LogP contribution in [-0.2, 0) is 0 Å². The maximum Gasteiger partial charge on any atom is 0.323 e. The minimum atomic E-state index is -0.425. The second-order valence-corrected chi connectivity index (χ2v) is 9.29. The number of hydrogen-bond acceptors (Lipinski definition) is 7. The minimum Gasteiger partial charge on any atom is -0.496 e. The Morgan fingerprint density at radius 1 is 0.872 bits per heavy atom. The molecule has 2 amide bonds. The molecule has 0 atom stereocenters. The predicted molar refractivity (Wildman–Crippen MR) is 154 cm³/mol. The van der Waals surface area contributed by atoms with Gasteiger partial charge in [0.2, 0.25) is 0 Å². The summed E-state index contributed by atoms with van der Waals surface area (Å²) in [5, 5.41) is 5.78. The number of rotatable bonds is 12. The van der Waals surface area contributed by atoms with Crippen molar-refractivity contribution in [3.63, 3.8) is 0 Å². The number of hydrogen-bond donors (Lipinski definition) is 2. The van der Waals surface area contributed by atoms with Crippen LogP contribution in [0.15, 0.2) is 48.5 Å². The Morgan fingerprint density at radius 2 is 1.62 bits per heavy atom. The summed E-state index contributed by atoms with van der Waals surface area (Å²) >= 11 is 0. The van der Waals surface area contributed by atoms with Gasteiger partial charge in [0.1, 0.15) is 11.5 Å². The number of Topliss-reactive ketones (excluding diaryl/α,β-unsaturated/α-hetero) is 1. The highest BCUT2D eigenvalue weighted by atomic mass is 16.5. The summed E-state index contributed by atoms with van der Waals surface area (Å²) in [6, 6.07) is 13.9. The van der Waals surface area contributed by atoms with Crippen molar-refractivity contribution >= 4 is 23.2 Å². The number of ketones is 1. The van der Waals surface area contributed by atoms with Crippen LogP contribution in [0.5, 0.6) is 23.0 Å². The van der Waals surface area contributed by atoms with Gasteiger partial charge in [0.15, 0.2) is 17.3 Å². The number of urea groups is 1. The molecule has 0 aromatic heterocycles. The number of amides is 2. The van der Waals surface area contributed by atoms with Gasteiger partial charge in [0.05, 0.1) is 33.5 Å². The van der Waals surface area contributed by atoms with E-state index in [4.69, 9.17) is 18.9 Å². The van der Waals surface area contributed by atoms with E-state index in [0.29, 0.717) is 52.1 Å². The summed E-state index contributed by atoms with van der Waals surface area (Å²) in [4.78, 5) is 27.1. The van der Waals surface area contributed by atoms with E-state index in [9.17, 15) is 9.59 Å². The van der Waals surface area contributed by atoms with Crippen LogP contribution in [0.2, 0.25) is 0 Å². The molecule has 0 unspecified atom stereocenters. The Bertz CT molecular complexity index is 1320. The molecule has 0 radical (unpaired) electrons. The van der Waals surface area contributed by atoms with Crippen LogP contribution < -0.4 is 29.6 Å². The molecule has 0 spiro atoms. The Hall–Kier alpha value is -4.24. The third-order valence-corrected chi connectivity index (χ3v) is 6.10. The van der Waals surface area contributed by atoms with Crippen LogP contribution in [0.25, 0.3) is 11.1 Å². The van der Waals surface area contributed by atoms with Gasteiger partial charge in [-0.25, -0.2) is 4.79 Å². The molecular weight excluding hydrogens is 498 g/mol. The number of anilines is 2. The van der Waals surface area contributed by atoms with Gasteiger partial charge in [0.25, 0.3) is 0 Å². The molecule has 0 aliphatic heterocycles. The zero-order valence-electron chi connectivity index (χ0n) is 23.6. The number of nitrogens with one attached hydrogen (secondary N) is 2. The Labute approximate surface area is 230 Å². The molecule has 9 heteroatoms. The van der Waals surface area contributed by atoms with Crippen molar-refractivity contribution in [1.29, 1.82) is 0 Å². The molecule has 3 rings (SSSR count). The number of methoxy groups -OCH3 is 3. The lowest BCUT2D eigenvalue weighted by Crippen LogP contribution is -2.20. The Morgan fingerprint density at radius 3 is 2.26 bits per heavy atom. The van der Waals surface area contributed by atoms with E-state index < -0.39 is 6.03 Å². The van der Waals surface area contributed by atoms with Crippen molar-refractivity contribution in [2.75, 3.05) is 59.2 Å². The van der Waals surface area contributed by atoms with Gasteiger partial charge in [-0.15, -0.1) is 0 Å². The van der Waals surface area contributed by atoms with Crippen LogP contribution in [-0.4, -0.2) is 65.3 Å². The van der Waals surface area contributed by atoms with Crippen molar-refractivity contribution in [1.82, 2.24) is 4.90 Å². The van der Waals surface area contributed by atoms with Gasteiger partial charge < -0.3 is 34.5 Å². The summed E-state index contributed by atoms with van der Waals surface area (Å²) in [5.74, 6) is 1.94. The molecule has 3 aromatic rings. The minimum absolute atomic E-state index is 0.103. The highest BCUT2D eigenvalue weighted by molar-refractivity contribution is 6.01. The Kier molecular flexibility index (Phi) is 10.2. The average Bonchev–Trinajstić information content (AvgIpc) is 2.91. The van der Waals surface area contributed by atoms with Gasteiger partial charge in [-0.1, -0.05) is 12.1 Å². The molecule has 0 bridgehead atoms. The third-order valence-electron chi connectivity index (χ3n) is 6.10. The summed E-state index contributed by atoms with van der Waals surface area (Å²) in [6.07, 6.45) is 0.898. The second-order valence-electron chi connectivity index (χ2n) is 9.29. The fraction of sp³-hybridized carbons (Fsp3) is 0.333. The van der Waals surface area contributed by atoms with E-state index in [0.717, 1.165) is 24.1 Å². The summed E-state index contributed by atoms with van der Waals surface area (Å²) in [6.45, 7) is 4.91. The van der Waals surface area contributed by atoms with E-state index >= 15 is 0 Å². The molecule has 0 aliphatic rings. The van der Waals surface area contributed by atoms with Crippen LogP contribution in [0.4, 0.5) is 16.2 Å². The third kappa shape index (κ3) is 7.64. The smallest absolute Gasteiger partial charge is 0.323 e. The first-order valence-corrected chi connectivity index (χ1v) is 12.6. The fourth-order valence-corrected chi connectivity index (χ4v) is 4.08. The normalized spacial score (nSPS) is 10.7. The van der Waals surface area contributed by atoms with E-state index in [-0.39, 0.29) is 5.78 Å². The van der Waals surface area contributed by atoms with Crippen LogP contribution in [0.3, 0.4) is 0 Å². The number of ether oxygens (including phenoxy) is 4. The summed E-state index contributed by atoms with van der Waals surface area (Å²) < 4.78 is 22.5. The van der Waals surface area contributed by atoms with Crippen molar-refractivity contribution in [3.8, 4) is 34.1 Å². The van der Waals surface area contributed by atoms with E-state index in [1.54, 1.807) is 37.4 Å². The van der Waals surface area contributed by atoms with E-state index in [1.807, 2.05) is 39.2 Å². The summed E-state index contributed by atoms with van der Waals surface area (Å²) in [5.41, 5.74) is 3.89.